The maximum absolute atomic E-state index is 12.1. The van der Waals surface area contributed by atoms with E-state index in [0.29, 0.717) is 13.1 Å². The minimum absolute atomic E-state index is 0.0407. The van der Waals surface area contributed by atoms with Crippen LogP contribution in [-0.2, 0) is 4.79 Å². The second-order valence-corrected chi connectivity index (χ2v) is 7.01. The molecule has 1 aliphatic rings. The van der Waals surface area contributed by atoms with Crippen molar-refractivity contribution in [3.05, 3.63) is 21.9 Å². The normalized spacial score (nSPS) is 17.5. The van der Waals surface area contributed by atoms with Gasteiger partial charge in [0.25, 0.3) is 5.91 Å². The van der Waals surface area contributed by atoms with Crippen LogP contribution in [0.1, 0.15) is 34.3 Å². The molecule has 0 aromatic carbocycles. The highest BCUT2D eigenvalue weighted by molar-refractivity contribution is 7.13. The molecule has 2 rings (SSSR count). The number of piperidine rings is 1. The number of imide groups is 1. The topological polar surface area (TPSA) is 105 Å². The van der Waals surface area contributed by atoms with Crippen molar-refractivity contribution >= 4 is 29.2 Å². The number of nitrogens with zero attached hydrogens (tertiary/aromatic N) is 1. The zero-order valence-electron chi connectivity index (χ0n) is 13.3. The lowest BCUT2D eigenvalue weighted by molar-refractivity contribution is -0.125. The van der Waals surface area contributed by atoms with Crippen LogP contribution in [0.5, 0.6) is 0 Å². The molecule has 126 valence electrons. The molecule has 0 spiro atoms. The van der Waals surface area contributed by atoms with Crippen LogP contribution in [-0.4, -0.2) is 47.9 Å². The number of nitrogens with two attached hydrogens (primary N) is 1. The fraction of sp³-hybridized carbons (Fsp3) is 0.533. The van der Waals surface area contributed by atoms with Crippen molar-refractivity contribution in [2.24, 2.45) is 5.73 Å². The SMILES string of the molecule is Cc1ccc(C(=O)NC2CCN(C(C)C(=O)NC(N)=O)CC2)s1. The monoisotopic (exact) mass is 338 g/mol. The van der Waals surface area contributed by atoms with Gasteiger partial charge in [-0.1, -0.05) is 0 Å². The second-order valence-electron chi connectivity index (χ2n) is 5.72. The largest absolute Gasteiger partial charge is 0.351 e. The molecule has 8 heteroatoms. The van der Waals surface area contributed by atoms with Gasteiger partial charge in [-0.2, -0.15) is 0 Å². The summed E-state index contributed by atoms with van der Waals surface area (Å²) in [5, 5.41) is 5.14. The molecule has 0 aliphatic carbocycles. The van der Waals surface area contributed by atoms with Gasteiger partial charge in [-0.3, -0.25) is 19.8 Å². The summed E-state index contributed by atoms with van der Waals surface area (Å²) < 4.78 is 0. The van der Waals surface area contributed by atoms with Crippen molar-refractivity contribution in [1.29, 1.82) is 0 Å². The first-order valence-corrected chi connectivity index (χ1v) is 8.40. The maximum Gasteiger partial charge on any atom is 0.318 e. The van der Waals surface area contributed by atoms with E-state index in [1.807, 2.05) is 24.0 Å². The van der Waals surface area contributed by atoms with Crippen molar-refractivity contribution < 1.29 is 14.4 Å². The average molecular weight is 338 g/mol. The number of likely N-dealkylation sites (tertiary alicyclic amines) is 1. The third-order valence-electron chi connectivity index (χ3n) is 4.00. The summed E-state index contributed by atoms with van der Waals surface area (Å²) in [6.07, 6.45) is 1.54. The lowest BCUT2D eigenvalue weighted by Crippen LogP contribution is -2.53. The standard InChI is InChI=1S/C15H22N4O3S/c1-9-3-4-12(23-9)14(21)17-11-5-7-19(8-6-11)10(2)13(20)18-15(16)22/h3-4,10-11H,5-8H2,1-2H3,(H,17,21)(H3,16,18,20,22). The number of hydrogen-bond donors (Lipinski definition) is 3. The van der Waals surface area contributed by atoms with Gasteiger partial charge in [0.1, 0.15) is 0 Å². The highest BCUT2D eigenvalue weighted by Gasteiger charge is 2.28. The Morgan fingerprint density at radius 3 is 2.48 bits per heavy atom. The number of carbonyl (C=O) groups is 3. The Hall–Kier alpha value is -1.93. The first-order valence-electron chi connectivity index (χ1n) is 7.58. The first-order chi connectivity index (χ1) is 10.9. The molecule has 0 radical (unpaired) electrons. The van der Waals surface area contributed by atoms with Crippen LogP contribution in [0.3, 0.4) is 0 Å². The Bertz CT molecular complexity index is 593. The quantitative estimate of drug-likeness (QED) is 0.756. The minimum Gasteiger partial charge on any atom is -0.351 e. The van der Waals surface area contributed by atoms with E-state index in [9.17, 15) is 14.4 Å². The van der Waals surface area contributed by atoms with E-state index in [-0.39, 0.29) is 11.9 Å². The third kappa shape index (κ3) is 4.77. The van der Waals surface area contributed by atoms with E-state index in [2.05, 4.69) is 10.6 Å². The number of aryl methyl sites for hydroxylation is 1. The molecule has 1 fully saturated rings. The van der Waals surface area contributed by atoms with E-state index in [0.717, 1.165) is 22.6 Å². The molecule has 0 saturated carbocycles. The third-order valence-corrected chi connectivity index (χ3v) is 5.00. The molecular formula is C15H22N4O3S. The van der Waals surface area contributed by atoms with E-state index in [1.54, 1.807) is 6.92 Å². The van der Waals surface area contributed by atoms with Crippen molar-refractivity contribution in [2.45, 2.75) is 38.8 Å². The Labute approximate surface area is 139 Å². The highest BCUT2D eigenvalue weighted by Crippen LogP contribution is 2.17. The van der Waals surface area contributed by atoms with E-state index >= 15 is 0 Å². The smallest absolute Gasteiger partial charge is 0.318 e. The highest BCUT2D eigenvalue weighted by atomic mass is 32.1. The van der Waals surface area contributed by atoms with Crippen molar-refractivity contribution in [2.75, 3.05) is 13.1 Å². The Morgan fingerprint density at radius 1 is 1.30 bits per heavy atom. The van der Waals surface area contributed by atoms with Crippen molar-refractivity contribution in [3.63, 3.8) is 0 Å². The lowest BCUT2D eigenvalue weighted by atomic mass is 10.0. The molecule has 0 bridgehead atoms. The summed E-state index contributed by atoms with van der Waals surface area (Å²) >= 11 is 1.48. The molecule has 1 aromatic rings. The van der Waals surface area contributed by atoms with Gasteiger partial charge in [-0.05, 0) is 38.8 Å². The second kappa shape index (κ2) is 7.56. The van der Waals surface area contributed by atoms with Gasteiger partial charge >= 0.3 is 6.03 Å². The summed E-state index contributed by atoms with van der Waals surface area (Å²) in [5.41, 5.74) is 4.96. The fourth-order valence-electron chi connectivity index (χ4n) is 2.64. The van der Waals surface area contributed by atoms with Crippen molar-refractivity contribution in [1.82, 2.24) is 15.5 Å². The molecular weight excluding hydrogens is 316 g/mol. The van der Waals surface area contributed by atoms with Crippen LogP contribution in [0, 0.1) is 6.92 Å². The average Bonchev–Trinajstić information content (AvgIpc) is 2.93. The molecule has 1 atom stereocenters. The van der Waals surface area contributed by atoms with Crippen LogP contribution >= 0.6 is 11.3 Å². The zero-order chi connectivity index (χ0) is 17.0. The van der Waals surface area contributed by atoms with Gasteiger partial charge < -0.3 is 11.1 Å². The number of nitrogens with one attached hydrogen (secondary N) is 2. The minimum atomic E-state index is -0.838. The van der Waals surface area contributed by atoms with Crippen LogP contribution < -0.4 is 16.4 Å². The molecule has 23 heavy (non-hydrogen) atoms. The molecule has 1 aromatic heterocycles. The van der Waals surface area contributed by atoms with Crippen LogP contribution in [0.2, 0.25) is 0 Å². The summed E-state index contributed by atoms with van der Waals surface area (Å²) in [6.45, 7) is 5.08. The lowest BCUT2D eigenvalue weighted by Gasteiger charge is -2.35. The number of carbonyl (C=O) groups excluding carboxylic acids is 3. The van der Waals surface area contributed by atoms with Gasteiger partial charge in [0.15, 0.2) is 0 Å². The Balaban J connectivity index is 1.80. The molecule has 2 heterocycles. The number of hydrogen-bond acceptors (Lipinski definition) is 5. The first kappa shape index (κ1) is 17.4. The molecule has 7 nitrogen and oxygen atoms in total. The Kier molecular flexibility index (Phi) is 5.73. The summed E-state index contributed by atoms with van der Waals surface area (Å²) in [7, 11) is 0. The molecule has 1 saturated heterocycles. The molecule has 4 N–H and O–H groups in total. The van der Waals surface area contributed by atoms with Crippen LogP contribution in [0.4, 0.5) is 4.79 Å². The van der Waals surface area contributed by atoms with Gasteiger partial charge in [0, 0.05) is 24.0 Å². The van der Waals surface area contributed by atoms with E-state index in [1.165, 1.54) is 11.3 Å². The van der Waals surface area contributed by atoms with Crippen molar-refractivity contribution in [3.8, 4) is 0 Å². The summed E-state index contributed by atoms with van der Waals surface area (Å²) in [4.78, 5) is 38.5. The van der Waals surface area contributed by atoms with Gasteiger partial charge in [0.2, 0.25) is 5.91 Å². The van der Waals surface area contributed by atoms with Gasteiger partial charge in [-0.25, -0.2) is 4.79 Å². The molecule has 1 unspecified atom stereocenters. The number of thiophene rings is 1. The molecule has 1 aliphatic heterocycles. The van der Waals surface area contributed by atoms with E-state index < -0.39 is 18.0 Å². The van der Waals surface area contributed by atoms with E-state index in [4.69, 9.17) is 5.73 Å². The fourth-order valence-corrected chi connectivity index (χ4v) is 3.41. The number of primary amides is 1. The predicted molar refractivity (Wildman–Crippen MR) is 88.3 cm³/mol. The number of rotatable bonds is 4. The maximum atomic E-state index is 12.1. The summed E-state index contributed by atoms with van der Waals surface area (Å²) in [5.74, 6) is -0.435. The molecule has 4 amide bonds. The van der Waals surface area contributed by atoms with Crippen LogP contribution in [0.15, 0.2) is 12.1 Å². The van der Waals surface area contributed by atoms with Gasteiger partial charge in [0.05, 0.1) is 10.9 Å². The summed E-state index contributed by atoms with van der Waals surface area (Å²) in [6, 6.07) is 2.61. The van der Waals surface area contributed by atoms with Gasteiger partial charge in [-0.15, -0.1) is 11.3 Å². The zero-order valence-corrected chi connectivity index (χ0v) is 14.1. The Morgan fingerprint density at radius 2 is 1.96 bits per heavy atom. The number of urea groups is 1. The number of amides is 4. The predicted octanol–water partition coefficient (Wildman–Crippen LogP) is 0.834. The van der Waals surface area contributed by atoms with Crippen LogP contribution in [0.25, 0.3) is 0 Å².